The Balaban J connectivity index is 1.57. The van der Waals surface area contributed by atoms with E-state index in [1.165, 1.54) is 0 Å². The van der Waals surface area contributed by atoms with Gasteiger partial charge in [-0.1, -0.05) is 23.4 Å². The number of rotatable bonds is 4. The highest BCUT2D eigenvalue weighted by Gasteiger charge is 2.22. The van der Waals surface area contributed by atoms with Crippen molar-refractivity contribution in [3.05, 3.63) is 42.0 Å². The van der Waals surface area contributed by atoms with Crippen molar-refractivity contribution in [3.8, 4) is 0 Å². The number of nitrogens with one attached hydrogen (secondary N) is 2. The Morgan fingerprint density at radius 2 is 2.24 bits per heavy atom. The number of amides is 1. The maximum absolute atomic E-state index is 11.9. The van der Waals surface area contributed by atoms with Gasteiger partial charge in [0.2, 0.25) is 5.91 Å². The Kier molecular flexibility index (Phi) is 4.23. The van der Waals surface area contributed by atoms with Crippen LogP contribution in [0, 0.1) is 0 Å². The van der Waals surface area contributed by atoms with Crippen LogP contribution in [0.5, 0.6) is 0 Å². The third-order valence-electron chi connectivity index (χ3n) is 3.06. The van der Waals surface area contributed by atoms with Crippen LogP contribution in [0.1, 0.15) is 17.8 Å². The molecule has 0 aliphatic carbocycles. The molecule has 110 valence electrons. The number of aromatic nitrogens is 2. The molecule has 7 nitrogen and oxygen atoms in total. The highest BCUT2D eigenvalue weighted by Crippen LogP contribution is 2.16. The molecule has 1 aliphatic rings. The van der Waals surface area contributed by atoms with Crippen molar-refractivity contribution in [2.75, 3.05) is 25.0 Å². The van der Waals surface area contributed by atoms with Gasteiger partial charge in [-0.05, 0) is 12.1 Å². The van der Waals surface area contributed by atoms with Gasteiger partial charge in [0, 0.05) is 18.8 Å². The van der Waals surface area contributed by atoms with E-state index in [-0.39, 0.29) is 18.4 Å². The minimum Gasteiger partial charge on any atom is -0.366 e. The van der Waals surface area contributed by atoms with E-state index in [0.29, 0.717) is 24.9 Å². The molecule has 0 saturated carbocycles. The average Bonchev–Trinajstić information content (AvgIpc) is 2.97. The third kappa shape index (κ3) is 3.65. The number of para-hydroxylation sites is 1. The molecular weight excluding hydrogens is 272 g/mol. The minimum absolute atomic E-state index is 0.0680. The van der Waals surface area contributed by atoms with E-state index in [1.54, 1.807) is 0 Å². The van der Waals surface area contributed by atoms with Gasteiger partial charge < -0.3 is 19.9 Å². The van der Waals surface area contributed by atoms with Crippen LogP contribution >= 0.6 is 0 Å². The summed E-state index contributed by atoms with van der Waals surface area (Å²) in [5, 5.41) is 9.78. The molecule has 1 aromatic heterocycles. The molecule has 1 atom stereocenters. The zero-order chi connectivity index (χ0) is 14.5. The SMILES string of the molecule is O=C(Cc1noc([C@H]2CNCCO2)n1)Nc1ccccc1. The van der Waals surface area contributed by atoms with Crippen molar-refractivity contribution in [2.45, 2.75) is 12.5 Å². The second-order valence-electron chi connectivity index (χ2n) is 4.70. The minimum atomic E-state index is -0.239. The number of ether oxygens (including phenoxy) is 1. The molecule has 1 fully saturated rings. The van der Waals surface area contributed by atoms with Crippen LogP contribution in [-0.4, -0.2) is 35.7 Å². The van der Waals surface area contributed by atoms with E-state index < -0.39 is 0 Å². The molecule has 1 aromatic carbocycles. The van der Waals surface area contributed by atoms with Crippen LogP contribution in [0.4, 0.5) is 5.69 Å². The third-order valence-corrected chi connectivity index (χ3v) is 3.06. The molecule has 0 radical (unpaired) electrons. The van der Waals surface area contributed by atoms with Gasteiger partial charge in [0.05, 0.1) is 13.0 Å². The van der Waals surface area contributed by atoms with Crippen molar-refractivity contribution in [3.63, 3.8) is 0 Å². The lowest BCUT2D eigenvalue weighted by Crippen LogP contribution is -2.33. The van der Waals surface area contributed by atoms with Gasteiger partial charge in [-0.25, -0.2) is 0 Å². The zero-order valence-corrected chi connectivity index (χ0v) is 11.4. The Labute approximate surface area is 121 Å². The van der Waals surface area contributed by atoms with Gasteiger partial charge >= 0.3 is 0 Å². The summed E-state index contributed by atoms with van der Waals surface area (Å²) in [6.45, 7) is 2.06. The molecule has 2 N–H and O–H groups in total. The Bertz CT molecular complexity index is 593. The van der Waals surface area contributed by atoms with E-state index in [9.17, 15) is 4.79 Å². The maximum Gasteiger partial charge on any atom is 0.257 e. The summed E-state index contributed by atoms with van der Waals surface area (Å²) in [5.41, 5.74) is 0.742. The van der Waals surface area contributed by atoms with Crippen LogP contribution in [0.25, 0.3) is 0 Å². The fourth-order valence-corrected chi connectivity index (χ4v) is 2.06. The largest absolute Gasteiger partial charge is 0.366 e. The van der Waals surface area contributed by atoms with Crippen molar-refractivity contribution in [2.24, 2.45) is 0 Å². The van der Waals surface area contributed by atoms with Gasteiger partial charge in [-0.15, -0.1) is 0 Å². The number of carbonyl (C=O) groups is 1. The molecule has 1 aliphatic heterocycles. The molecule has 7 heteroatoms. The lowest BCUT2D eigenvalue weighted by molar-refractivity contribution is -0.115. The van der Waals surface area contributed by atoms with Gasteiger partial charge in [0.15, 0.2) is 5.82 Å². The van der Waals surface area contributed by atoms with Gasteiger partial charge in [0.25, 0.3) is 5.89 Å². The van der Waals surface area contributed by atoms with E-state index >= 15 is 0 Å². The molecule has 0 spiro atoms. The first-order chi connectivity index (χ1) is 10.3. The number of carbonyl (C=O) groups excluding carboxylic acids is 1. The number of nitrogens with zero attached hydrogens (tertiary/aromatic N) is 2. The number of hydrogen-bond acceptors (Lipinski definition) is 6. The molecule has 2 heterocycles. The van der Waals surface area contributed by atoms with E-state index in [0.717, 1.165) is 12.2 Å². The first kappa shape index (κ1) is 13.7. The molecule has 0 unspecified atom stereocenters. The fraction of sp³-hybridized carbons (Fsp3) is 0.357. The van der Waals surface area contributed by atoms with Gasteiger partial charge in [0.1, 0.15) is 6.10 Å². The summed E-state index contributed by atoms with van der Waals surface area (Å²) in [6, 6.07) is 9.24. The highest BCUT2D eigenvalue weighted by molar-refractivity contribution is 5.91. The molecule has 1 amide bonds. The number of benzene rings is 1. The molecule has 21 heavy (non-hydrogen) atoms. The van der Waals surface area contributed by atoms with E-state index in [1.807, 2.05) is 30.3 Å². The first-order valence-corrected chi connectivity index (χ1v) is 6.81. The Hall–Kier alpha value is -2.25. The lowest BCUT2D eigenvalue weighted by Gasteiger charge is -2.19. The Morgan fingerprint density at radius 1 is 1.38 bits per heavy atom. The molecule has 3 rings (SSSR count). The Morgan fingerprint density at radius 3 is 3.00 bits per heavy atom. The van der Waals surface area contributed by atoms with E-state index in [4.69, 9.17) is 9.26 Å². The predicted molar refractivity (Wildman–Crippen MR) is 74.6 cm³/mol. The van der Waals surface area contributed by atoms with Gasteiger partial charge in [-0.2, -0.15) is 4.98 Å². The lowest BCUT2D eigenvalue weighted by atomic mass is 10.3. The molecule has 0 bridgehead atoms. The standard InChI is InChI=1S/C14H16N4O3/c19-13(16-10-4-2-1-3-5-10)8-12-17-14(21-18-12)11-9-15-6-7-20-11/h1-5,11,15H,6-9H2,(H,16,19)/t11-/m1/s1. The second-order valence-corrected chi connectivity index (χ2v) is 4.70. The summed E-state index contributed by atoms with van der Waals surface area (Å²) in [4.78, 5) is 16.1. The average molecular weight is 288 g/mol. The number of morpholine rings is 1. The number of anilines is 1. The van der Waals surface area contributed by atoms with Crippen molar-refractivity contribution in [1.82, 2.24) is 15.5 Å². The van der Waals surface area contributed by atoms with Gasteiger partial charge in [-0.3, -0.25) is 4.79 Å². The molecule has 2 aromatic rings. The quantitative estimate of drug-likeness (QED) is 0.869. The molecule has 1 saturated heterocycles. The van der Waals surface area contributed by atoms with Crippen LogP contribution in [-0.2, 0) is 16.0 Å². The zero-order valence-electron chi connectivity index (χ0n) is 11.4. The highest BCUT2D eigenvalue weighted by atomic mass is 16.5. The predicted octanol–water partition coefficient (Wildman–Crippen LogP) is 0.912. The first-order valence-electron chi connectivity index (χ1n) is 6.81. The van der Waals surface area contributed by atoms with Crippen LogP contribution in [0.3, 0.4) is 0 Å². The van der Waals surface area contributed by atoms with Crippen LogP contribution < -0.4 is 10.6 Å². The van der Waals surface area contributed by atoms with Crippen LogP contribution in [0.2, 0.25) is 0 Å². The van der Waals surface area contributed by atoms with E-state index in [2.05, 4.69) is 20.8 Å². The normalized spacial score (nSPS) is 18.4. The summed E-state index contributed by atoms with van der Waals surface area (Å²) in [6.07, 6.45) is -0.171. The maximum atomic E-state index is 11.9. The topological polar surface area (TPSA) is 89.3 Å². The summed E-state index contributed by atoms with van der Waals surface area (Å²) < 4.78 is 10.7. The summed E-state index contributed by atoms with van der Waals surface area (Å²) in [7, 11) is 0. The smallest absolute Gasteiger partial charge is 0.257 e. The second kappa shape index (κ2) is 6.47. The fourth-order valence-electron chi connectivity index (χ4n) is 2.06. The summed E-state index contributed by atoms with van der Waals surface area (Å²) >= 11 is 0. The monoisotopic (exact) mass is 288 g/mol. The summed E-state index contributed by atoms with van der Waals surface area (Å²) in [5.74, 6) is 0.577. The van der Waals surface area contributed by atoms with Crippen LogP contribution in [0.15, 0.2) is 34.9 Å². The van der Waals surface area contributed by atoms with Crippen molar-refractivity contribution >= 4 is 11.6 Å². The number of hydrogen-bond donors (Lipinski definition) is 2. The van der Waals surface area contributed by atoms with Crippen molar-refractivity contribution < 1.29 is 14.1 Å². The van der Waals surface area contributed by atoms with Crippen molar-refractivity contribution in [1.29, 1.82) is 0 Å². The molecular formula is C14H16N4O3.